The Balaban J connectivity index is 1.90. The second-order valence-corrected chi connectivity index (χ2v) is 8.69. The van der Waals surface area contributed by atoms with E-state index < -0.39 is 17.3 Å². The lowest BCUT2D eigenvalue weighted by molar-refractivity contribution is -0.189. The maximum absolute atomic E-state index is 12.5. The molecule has 0 amide bonds. The van der Waals surface area contributed by atoms with Gasteiger partial charge in [-0.3, -0.25) is 9.59 Å². The number of allylic oxidation sites excluding steroid dienone is 1. The Labute approximate surface area is 164 Å². The van der Waals surface area contributed by atoms with Crippen molar-refractivity contribution in [1.29, 1.82) is 0 Å². The number of carbonyl (C=O) groups excluding carboxylic acids is 3. The highest BCUT2D eigenvalue weighted by Gasteiger charge is 2.57. The van der Waals surface area contributed by atoms with Crippen molar-refractivity contribution in [2.24, 2.45) is 17.3 Å². The third-order valence-electron chi connectivity index (χ3n) is 6.98. The van der Waals surface area contributed by atoms with Crippen LogP contribution in [0.2, 0.25) is 0 Å². The molecule has 1 saturated heterocycles. The minimum absolute atomic E-state index is 0.0404. The van der Waals surface area contributed by atoms with Crippen molar-refractivity contribution in [3.63, 3.8) is 0 Å². The first kappa shape index (κ1) is 19.1. The van der Waals surface area contributed by atoms with E-state index in [2.05, 4.69) is 0 Å². The van der Waals surface area contributed by atoms with Gasteiger partial charge in [0.1, 0.15) is 6.10 Å². The standard InChI is InChI=1S/C22H26O6/c1-11-10-22-16(13(3)20(25)28-22)8-15-12(2)17(24)6-7-21(15,5)19(26-14(4)23)9-18(11)27-22/h6-7,10,12,15,18-19H,8-9H2,1-5H3. The lowest BCUT2D eigenvalue weighted by Crippen LogP contribution is -2.47. The molecule has 0 aromatic heterocycles. The monoisotopic (exact) mass is 386 g/mol. The van der Waals surface area contributed by atoms with Crippen molar-refractivity contribution in [2.45, 2.75) is 65.5 Å². The highest BCUT2D eigenvalue weighted by Crippen LogP contribution is 2.54. The summed E-state index contributed by atoms with van der Waals surface area (Å²) in [6.45, 7) is 9.01. The van der Waals surface area contributed by atoms with Gasteiger partial charge in [0.25, 0.3) is 5.79 Å². The fourth-order valence-electron chi connectivity index (χ4n) is 5.19. The van der Waals surface area contributed by atoms with Crippen molar-refractivity contribution in [1.82, 2.24) is 0 Å². The normalized spacial score (nSPS) is 42.1. The van der Waals surface area contributed by atoms with E-state index in [0.717, 1.165) is 11.1 Å². The molecule has 1 aliphatic carbocycles. The molecule has 1 spiro atoms. The average molecular weight is 386 g/mol. The summed E-state index contributed by atoms with van der Waals surface area (Å²) in [4.78, 5) is 36.8. The fourth-order valence-corrected chi connectivity index (χ4v) is 5.19. The number of hydrogen-bond donors (Lipinski definition) is 0. The van der Waals surface area contributed by atoms with E-state index in [1.165, 1.54) is 6.92 Å². The van der Waals surface area contributed by atoms with Crippen LogP contribution in [-0.4, -0.2) is 35.7 Å². The summed E-state index contributed by atoms with van der Waals surface area (Å²) in [6.07, 6.45) is 5.44. The molecule has 1 fully saturated rings. The Morgan fingerprint density at radius 1 is 1.29 bits per heavy atom. The maximum atomic E-state index is 12.5. The number of carbonyl (C=O) groups is 3. The molecule has 4 rings (SSSR count). The Morgan fingerprint density at radius 2 is 2.00 bits per heavy atom. The van der Waals surface area contributed by atoms with Crippen LogP contribution in [0.3, 0.4) is 0 Å². The van der Waals surface area contributed by atoms with Gasteiger partial charge in [0.2, 0.25) is 0 Å². The molecule has 0 saturated carbocycles. The van der Waals surface area contributed by atoms with Crippen LogP contribution in [0.15, 0.2) is 34.9 Å². The Bertz CT molecular complexity index is 864. The summed E-state index contributed by atoms with van der Waals surface area (Å²) >= 11 is 0. The molecule has 6 heteroatoms. The van der Waals surface area contributed by atoms with Crippen molar-refractivity contribution in [3.8, 4) is 0 Å². The summed E-state index contributed by atoms with van der Waals surface area (Å²) in [5, 5.41) is 0. The van der Waals surface area contributed by atoms with Gasteiger partial charge < -0.3 is 14.2 Å². The zero-order valence-electron chi connectivity index (χ0n) is 16.9. The van der Waals surface area contributed by atoms with Gasteiger partial charge in [-0.1, -0.05) is 19.9 Å². The van der Waals surface area contributed by atoms with Crippen LogP contribution < -0.4 is 0 Å². The van der Waals surface area contributed by atoms with Crippen LogP contribution in [0, 0.1) is 17.3 Å². The number of ether oxygens (including phenoxy) is 3. The van der Waals surface area contributed by atoms with E-state index >= 15 is 0 Å². The van der Waals surface area contributed by atoms with Crippen molar-refractivity contribution >= 4 is 17.7 Å². The van der Waals surface area contributed by atoms with Crippen LogP contribution in [0.1, 0.15) is 47.5 Å². The van der Waals surface area contributed by atoms with Crippen LogP contribution in [-0.2, 0) is 28.6 Å². The number of esters is 2. The largest absolute Gasteiger partial charge is 0.462 e. The van der Waals surface area contributed by atoms with Crippen LogP contribution in [0.4, 0.5) is 0 Å². The SMILES string of the molecule is CC(=O)OC1CC2OC3(C=C2C)OC(=O)C(C)=C3CC2C(C)C(=O)C=CC12C. The quantitative estimate of drug-likeness (QED) is 0.509. The summed E-state index contributed by atoms with van der Waals surface area (Å²) in [5.74, 6) is -2.34. The van der Waals surface area contributed by atoms with Gasteiger partial charge in [0.05, 0.1) is 6.10 Å². The van der Waals surface area contributed by atoms with E-state index in [-0.39, 0.29) is 35.7 Å². The highest BCUT2D eigenvalue weighted by atomic mass is 16.7. The van der Waals surface area contributed by atoms with Gasteiger partial charge in [-0.2, -0.15) is 0 Å². The zero-order valence-corrected chi connectivity index (χ0v) is 16.9. The van der Waals surface area contributed by atoms with Crippen molar-refractivity contribution < 1.29 is 28.6 Å². The number of hydrogen-bond acceptors (Lipinski definition) is 6. The number of rotatable bonds is 1. The lowest BCUT2D eigenvalue weighted by Gasteiger charge is -2.45. The van der Waals surface area contributed by atoms with Gasteiger partial charge >= 0.3 is 11.9 Å². The minimum Gasteiger partial charge on any atom is -0.462 e. The Hall–Kier alpha value is -2.21. The number of fused-ring (bicyclic) bond motifs is 2. The van der Waals surface area contributed by atoms with E-state index in [0.29, 0.717) is 18.4 Å². The average Bonchev–Trinajstić information content (AvgIpc) is 3.04. The molecule has 2 bridgehead atoms. The first-order chi connectivity index (χ1) is 13.1. The molecule has 6 atom stereocenters. The fraction of sp³-hybridized carbons (Fsp3) is 0.591. The predicted octanol–water partition coefficient (Wildman–Crippen LogP) is 3.02. The molecule has 4 aliphatic rings. The molecule has 28 heavy (non-hydrogen) atoms. The Kier molecular flexibility index (Phi) is 4.20. The molecule has 3 heterocycles. The third-order valence-corrected chi connectivity index (χ3v) is 6.98. The zero-order chi connectivity index (χ0) is 20.4. The molecule has 0 aromatic carbocycles. The van der Waals surface area contributed by atoms with Crippen molar-refractivity contribution in [2.75, 3.05) is 0 Å². The Morgan fingerprint density at radius 3 is 2.68 bits per heavy atom. The topological polar surface area (TPSA) is 78.9 Å². The van der Waals surface area contributed by atoms with E-state index in [9.17, 15) is 14.4 Å². The van der Waals surface area contributed by atoms with E-state index in [4.69, 9.17) is 14.2 Å². The van der Waals surface area contributed by atoms with Crippen LogP contribution >= 0.6 is 0 Å². The van der Waals surface area contributed by atoms with Gasteiger partial charge in [0, 0.05) is 35.8 Å². The molecule has 150 valence electrons. The second-order valence-electron chi connectivity index (χ2n) is 8.69. The molecule has 6 nitrogen and oxygen atoms in total. The van der Waals surface area contributed by atoms with Crippen LogP contribution in [0.5, 0.6) is 0 Å². The summed E-state index contributed by atoms with van der Waals surface area (Å²) in [5.41, 5.74) is 1.69. The first-order valence-corrected chi connectivity index (χ1v) is 9.78. The number of ketones is 1. The maximum Gasteiger partial charge on any atom is 0.336 e. The predicted molar refractivity (Wildman–Crippen MR) is 99.8 cm³/mol. The molecule has 0 N–H and O–H groups in total. The van der Waals surface area contributed by atoms with Crippen molar-refractivity contribution in [3.05, 3.63) is 34.9 Å². The minimum atomic E-state index is -1.20. The van der Waals surface area contributed by atoms with Crippen LogP contribution in [0.25, 0.3) is 0 Å². The highest BCUT2D eigenvalue weighted by molar-refractivity contribution is 5.94. The summed E-state index contributed by atoms with van der Waals surface area (Å²) in [6, 6.07) is 0. The molecule has 0 radical (unpaired) electrons. The lowest BCUT2D eigenvalue weighted by atomic mass is 9.60. The van der Waals surface area contributed by atoms with Gasteiger partial charge in [0.15, 0.2) is 5.78 Å². The second kappa shape index (κ2) is 6.14. The molecular weight excluding hydrogens is 360 g/mol. The molecule has 6 unspecified atom stereocenters. The van der Waals surface area contributed by atoms with E-state index in [1.807, 2.05) is 32.9 Å². The van der Waals surface area contributed by atoms with Gasteiger partial charge in [-0.25, -0.2) is 4.79 Å². The van der Waals surface area contributed by atoms with E-state index in [1.54, 1.807) is 13.0 Å². The summed E-state index contributed by atoms with van der Waals surface area (Å²) in [7, 11) is 0. The molecule has 0 aromatic rings. The van der Waals surface area contributed by atoms with Gasteiger partial charge in [-0.15, -0.1) is 0 Å². The smallest absolute Gasteiger partial charge is 0.336 e. The van der Waals surface area contributed by atoms with Gasteiger partial charge in [-0.05, 0) is 43.9 Å². The third kappa shape index (κ3) is 2.61. The molecular formula is C22H26O6. The molecule has 3 aliphatic heterocycles. The first-order valence-electron chi connectivity index (χ1n) is 9.78. The summed E-state index contributed by atoms with van der Waals surface area (Å²) < 4.78 is 17.7.